The molecule has 30 heavy (non-hydrogen) atoms. The van der Waals surface area contributed by atoms with Crippen LogP contribution in [0.5, 0.6) is 5.75 Å². The zero-order valence-corrected chi connectivity index (χ0v) is 18.6. The van der Waals surface area contributed by atoms with Crippen molar-refractivity contribution in [1.29, 1.82) is 0 Å². The Balaban J connectivity index is 1.58. The Labute approximate surface area is 182 Å². The van der Waals surface area contributed by atoms with Gasteiger partial charge in [0.05, 0.1) is 17.0 Å². The van der Waals surface area contributed by atoms with Gasteiger partial charge in [-0.25, -0.2) is 13.2 Å². The fourth-order valence-electron chi connectivity index (χ4n) is 3.42. The van der Waals surface area contributed by atoms with Gasteiger partial charge < -0.3 is 15.4 Å². The first-order valence-corrected chi connectivity index (χ1v) is 11.6. The van der Waals surface area contributed by atoms with Crippen molar-refractivity contribution in [3.8, 4) is 5.75 Å². The zero-order valence-electron chi connectivity index (χ0n) is 17.0. The second-order valence-electron chi connectivity index (χ2n) is 7.37. The number of ether oxygens (including phenoxy) is 1. The number of rotatable bonds is 6. The van der Waals surface area contributed by atoms with Gasteiger partial charge in [-0.2, -0.15) is 4.31 Å². The van der Waals surface area contributed by atoms with Crippen LogP contribution in [0, 0.1) is 12.8 Å². The average Bonchev–Trinajstić information content (AvgIpc) is 2.74. The molecule has 0 saturated carbocycles. The van der Waals surface area contributed by atoms with Crippen LogP contribution >= 0.6 is 11.6 Å². The maximum atomic E-state index is 13.0. The molecule has 1 atom stereocenters. The van der Waals surface area contributed by atoms with Crippen molar-refractivity contribution >= 4 is 33.3 Å². The Morgan fingerprint density at radius 2 is 1.97 bits per heavy atom. The molecule has 162 valence electrons. The predicted octanol–water partition coefficient (Wildman–Crippen LogP) is 3.88. The van der Waals surface area contributed by atoms with E-state index in [0.29, 0.717) is 31.1 Å². The lowest BCUT2D eigenvalue weighted by molar-refractivity contribution is 0.238. The third-order valence-corrected chi connectivity index (χ3v) is 7.26. The van der Waals surface area contributed by atoms with E-state index in [-0.39, 0.29) is 21.9 Å². The molecule has 2 amide bonds. The SMILES string of the molecule is COc1ccc(S(=O)(=O)N2CCCC(CNC(=O)Nc3ccc(C)cc3)C2)cc1Cl. The van der Waals surface area contributed by atoms with Crippen LogP contribution in [0.2, 0.25) is 5.02 Å². The fraction of sp³-hybridized carbons (Fsp3) is 0.381. The van der Waals surface area contributed by atoms with Gasteiger partial charge in [-0.05, 0) is 56.0 Å². The van der Waals surface area contributed by atoms with Crippen molar-refractivity contribution < 1.29 is 17.9 Å². The molecule has 0 spiro atoms. The minimum absolute atomic E-state index is 0.0333. The number of carbonyl (C=O) groups excluding carboxylic acids is 1. The van der Waals surface area contributed by atoms with Crippen molar-refractivity contribution in [2.75, 3.05) is 32.1 Å². The van der Waals surface area contributed by atoms with E-state index >= 15 is 0 Å². The molecule has 0 bridgehead atoms. The topological polar surface area (TPSA) is 87.7 Å². The van der Waals surface area contributed by atoms with E-state index in [1.54, 1.807) is 6.07 Å². The summed E-state index contributed by atoms with van der Waals surface area (Å²) in [6.45, 7) is 3.16. The normalized spacial score (nSPS) is 17.4. The second kappa shape index (κ2) is 9.68. The Hall–Kier alpha value is -2.29. The van der Waals surface area contributed by atoms with Gasteiger partial charge in [0.2, 0.25) is 10.0 Å². The zero-order chi connectivity index (χ0) is 21.7. The third kappa shape index (κ3) is 5.44. The molecule has 2 N–H and O–H groups in total. The van der Waals surface area contributed by atoms with E-state index in [4.69, 9.17) is 16.3 Å². The molecule has 0 aromatic heterocycles. The van der Waals surface area contributed by atoms with Crippen LogP contribution < -0.4 is 15.4 Å². The molecule has 0 radical (unpaired) electrons. The highest BCUT2D eigenvalue weighted by atomic mass is 35.5. The number of aryl methyl sites for hydroxylation is 1. The Morgan fingerprint density at radius 3 is 2.63 bits per heavy atom. The molecule has 2 aromatic rings. The summed E-state index contributed by atoms with van der Waals surface area (Å²) in [5, 5.41) is 5.88. The molecule has 1 saturated heterocycles. The van der Waals surface area contributed by atoms with Crippen LogP contribution in [0.1, 0.15) is 18.4 Å². The van der Waals surface area contributed by atoms with Gasteiger partial charge >= 0.3 is 6.03 Å². The van der Waals surface area contributed by atoms with Crippen LogP contribution in [0.4, 0.5) is 10.5 Å². The lowest BCUT2D eigenvalue weighted by Crippen LogP contribution is -2.44. The average molecular weight is 452 g/mol. The summed E-state index contributed by atoms with van der Waals surface area (Å²) in [5.74, 6) is 0.460. The number of anilines is 1. The number of amides is 2. The van der Waals surface area contributed by atoms with Crippen LogP contribution in [0.15, 0.2) is 47.4 Å². The van der Waals surface area contributed by atoms with Gasteiger partial charge in [-0.15, -0.1) is 0 Å². The lowest BCUT2D eigenvalue weighted by atomic mass is 10.00. The first-order chi connectivity index (χ1) is 14.3. The van der Waals surface area contributed by atoms with Crippen molar-refractivity contribution in [2.45, 2.75) is 24.7 Å². The molecule has 9 heteroatoms. The molecule has 1 aliphatic heterocycles. The first-order valence-electron chi connectivity index (χ1n) is 9.75. The molecular formula is C21H26ClN3O4S. The van der Waals surface area contributed by atoms with Crippen molar-refractivity contribution in [3.63, 3.8) is 0 Å². The molecule has 1 aliphatic rings. The third-order valence-electron chi connectivity index (χ3n) is 5.10. The largest absolute Gasteiger partial charge is 0.495 e. The number of halogens is 1. The molecule has 7 nitrogen and oxygen atoms in total. The minimum Gasteiger partial charge on any atom is -0.495 e. The summed E-state index contributed by atoms with van der Waals surface area (Å²) >= 11 is 6.10. The van der Waals surface area contributed by atoms with Crippen LogP contribution in [-0.4, -0.2) is 45.5 Å². The van der Waals surface area contributed by atoms with Gasteiger partial charge in [-0.1, -0.05) is 29.3 Å². The number of benzene rings is 2. The van der Waals surface area contributed by atoms with E-state index in [9.17, 15) is 13.2 Å². The monoisotopic (exact) mass is 451 g/mol. The number of methoxy groups -OCH3 is 1. The summed E-state index contributed by atoms with van der Waals surface area (Å²) in [6, 6.07) is 11.7. The van der Waals surface area contributed by atoms with Gasteiger partial charge in [-0.3, -0.25) is 0 Å². The Bertz CT molecular complexity index is 996. The van der Waals surface area contributed by atoms with E-state index in [0.717, 1.165) is 18.4 Å². The lowest BCUT2D eigenvalue weighted by Gasteiger charge is -2.32. The number of carbonyl (C=O) groups is 1. The van der Waals surface area contributed by atoms with Crippen LogP contribution in [-0.2, 0) is 10.0 Å². The maximum Gasteiger partial charge on any atom is 0.319 e. The van der Waals surface area contributed by atoms with Crippen LogP contribution in [0.25, 0.3) is 0 Å². The summed E-state index contributed by atoms with van der Waals surface area (Å²) in [6.07, 6.45) is 1.58. The quantitative estimate of drug-likeness (QED) is 0.697. The Morgan fingerprint density at radius 1 is 1.23 bits per heavy atom. The standard InChI is InChI=1S/C21H26ClN3O4S/c1-15-5-7-17(8-6-15)24-21(26)23-13-16-4-3-11-25(14-16)30(27,28)18-9-10-20(29-2)19(22)12-18/h5-10,12,16H,3-4,11,13-14H2,1-2H3,(H2,23,24,26). The summed E-state index contributed by atoms with van der Waals surface area (Å²) < 4.78 is 32.6. The van der Waals surface area contributed by atoms with E-state index in [2.05, 4.69) is 10.6 Å². The van der Waals surface area contributed by atoms with E-state index < -0.39 is 10.0 Å². The summed E-state index contributed by atoms with van der Waals surface area (Å²) in [5.41, 5.74) is 1.82. The van der Waals surface area contributed by atoms with Gasteiger partial charge in [0.15, 0.2) is 0 Å². The Kier molecular flexibility index (Phi) is 7.23. The van der Waals surface area contributed by atoms with E-state index in [1.165, 1.54) is 23.5 Å². The maximum absolute atomic E-state index is 13.0. The van der Waals surface area contributed by atoms with Crippen molar-refractivity contribution in [3.05, 3.63) is 53.1 Å². The number of piperidine rings is 1. The highest BCUT2D eigenvalue weighted by molar-refractivity contribution is 7.89. The molecule has 1 fully saturated rings. The minimum atomic E-state index is -3.67. The summed E-state index contributed by atoms with van der Waals surface area (Å²) in [7, 11) is -2.19. The smallest absolute Gasteiger partial charge is 0.319 e. The number of urea groups is 1. The fourth-order valence-corrected chi connectivity index (χ4v) is 5.32. The number of nitrogens with one attached hydrogen (secondary N) is 2. The second-order valence-corrected chi connectivity index (χ2v) is 9.71. The van der Waals surface area contributed by atoms with Gasteiger partial charge in [0.1, 0.15) is 5.75 Å². The van der Waals surface area contributed by atoms with Crippen molar-refractivity contribution in [2.24, 2.45) is 5.92 Å². The van der Waals surface area contributed by atoms with Gasteiger partial charge in [0, 0.05) is 25.3 Å². The number of hydrogen-bond donors (Lipinski definition) is 2. The highest BCUT2D eigenvalue weighted by Gasteiger charge is 2.30. The molecular weight excluding hydrogens is 426 g/mol. The number of hydrogen-bond acceptors (Lipinski definition) is 4. The molecule has 1 heterocycles. The van der Waals surface area contributed by atoms with Crippen molar-refractivity contribution in [1.82, 2.24) is 9.62 Å². The molecule has 2 aromatic carbocycles. The highest BCUT2D eigenvalue weighted by Crippen LogP contribution is 2.30. The summed E-state index contributed by atoms with van der Waals surface area (Å²) in [4.78, 5) is 12.3. The molecule has 0 aliphatic carbocycles. The molecule has 1 unspecified atom stereocenters. The number of nitrogens with zero attached hydrogens (tertiary/aromatic N) is 1. The van der Waals surface area contributed by atoms with E-state index in [1.807, 2.05) is 31.2 Å². The predicted molar refractivity (Wildman–Crippen MR) is 118 cm³/mol. The van der Waals surface area contributed by atoms with Crippen LogP contribution in [0.3, 0.4) is 0 Å². The first kappa shape index (κ1) is 22.4. The van der Waals surface area contributed by atoms with Gasteiger partial charge in [0.25, 0.3) is 0 Å². The number of sulfonamides is 1. The molecule has 3 rings (SSSR count).